The molecule has 0 radical (unpaired) electrons. The molecule has 5 heterocycles. The van der Waals surface area contributed by atoms with E-state index >= 15 is 0 Å². The number of fused-ring (bicyclic) bond motifs is 2. The number of pyridine rings is 1. The summed E-state index contributed by atoms with van der Waals surface area (Å²) >= 11 is 0. The summed E-state index contributed by atoms with van der Waals surface area (Å²) in [6, 6.07) is 16.4. The summed E-state index contributed by atoms with van der Waals surface area (Å²) in [7, 11) is 1.89. The quantitative estimate of drug-likeness (QED) is 0.356. The molecule has 1 amide bonds. The number of imidazole rings is 2. The predicted molar refractivity (Wildman–Crippen MR) is 145 cm³/mol. The van der Waals surface area contributed by atoms with Crippen molar-refractivity contribution in [2.24, 2.45) is 12.8 Å². The second-order valence-electron chi connectivity index (χ2n) is 8.41. The van der Waals surface area contributed by atoms with E-state index in [1.807, 2.05) is 37.5 Å². The van der Waals surface area contributed by atoms with Gasteiger partial charge in [0.15, 0.2) is 5.65 Å². The largest absolute Gasteiger partial charge is 0.383 e. The number of benzene rings is 1. The van der Waals surface area contributed by atoms with Crippen molar-refractivity contribution in [1.82, 2.24) is 33.5 Å². The first kappa shape index (κ1) is 24.3. The zero-order valence-corrected chi connectivity index (χ0v) is 20.9. The lowest BCUT2D eigenvalue weighted by Gasteiger charge is -2.06. The van der Waals surface area contributed by atoms with Crippen molar-refractivity contribution in [3.63, 3.8) is 0 Å². The van der Waals surface area contributed by atoms with Crippen LogP contribution >= 0.6 is 0 Å². The van der Waals surface area contributed by atoms with E-state index in [9.17, 15) is 4.79 Å². The van der Waals surface area contributed by atoms with E-state index in [4.69, 9.17) is 16.5 Å². The van der Waals surface area contributed by atoms with Crippen molar-refractivity contribution >= 4 is 23.0 Å². The van der Waals surface area contributed by atoms with Crippen LogP contribution in [0.15, 0.2) is 79.6 Å². The maximum Gasteiger partial charge on any atom is 0.256 e. The molecule has 0 saturated heterocycles. The van der Waals surface area contributed by atoms with E-state index in [2.05, 4.69) is 62.5 Å². The predicted octanol–water partition coefficient (Wildman–Crippen LogP) is 3.11. The Morgan fingerprint density at radius 1 is 1.05 bits per heavy atom. The van der Waals surface area contributed by atoms with E-state index in [0.717, 1.165) is 40.3 Å². The summed E-state index contributed by atoms with van der Waals surface area (Å²) in [4.78, 5) is 23.5. The maximum absolute atomic E-state index is 11.0. The number of rotatable bonds is 3. The maximum atomic E-state index is 11.0. The van der Waals surface area contributed by atoms with Crippen LogP contribution in [0, 0.1) is 11.8 Å². The smallest absolute Gasteiger partial charge is 0.256 e. The minimum absolute atomic E-state index is 0.103. The number of aryl methyl sites for hydroxylation is 2. The highest BCUT2D eigenvalue weighted by molar-refractivity contribution is 6.02. The lowest BCUT2D eigenvalue weighted by Crippen LogP contribution is -2.16. The zero-order chi connectivity index (χ0) is 26.6. The Morgan fingerprint density at radius 3 is 2.58 bits per heavy atom. The van der Waals surface area contributed by atoms with Crippen LogP contribution in [0.25, 0.3) is 22.6 Å². The Hall–Kier alpha value is -5.43. The van der Waals surface area contributed by atoms with Crippen LogP contribution in [0.1, 0.15) is 34.2 Å². The fourth-order valence-electron chi connectivity index (χ4n) is 4.14. The molecule has 0 aliphatic rings. The van der Waals surface area contributed by atoms with Gasteiger partial charge in [0, 0.05) is 31.2 Å². The first-order chi connectivity index (χ1) is 18.5. The summed E-state index contributed by atoms with van der Waals surface area (Å²) in [5, 5.41) is 4.17. The first-order valence-electron chi connectivity index (χ1n) is 11.9. The van der Waals surface area contributed by atoms with Gasteiger partial charge in [-0.2, -0.15) is 5.10 Å². The highest BCUT2D eigenvalue weighted by atomic mass is 16.1. The number of carbonyl (C=O) groups excluding carboxylic acids is 1. The highest BCUT2D eigenvalue weighted by Crippen LogP contribution is 2.27. The molecule has 0 aliphatic heterocycles. The number of carbonyl (C=O) groups is 1. The molecule has 188 valence electrons. The third-order valence-electron chi connectivity index (χ3n) is 5.85. The van der Waals surface area contributed by atoms with Crippen LogP contribution < -0.4 is 11.5 Å². The molecular formula is C28H25N9O. The molecule has 0 saturated carbocycles. The van der Waals surface area contributed by atoms with Gasteiger partial charge in [-0.1, -0.05) is 49.2 Å². The van der Waals surface area contributed by atoms with Gasteiger partial charge < -0.3 is 11.5 Å². The molecular weight excluding hydrogens is 478 g/mol. The number of nitrogens with zero attached hydrogens (tertiary/aromatic N) is 7. The van der Waals surface area contributed by atoms with Crippen LogP contribution in [0.3, 0.4) is 0 Å². The average Bonchev–Trinajstić information content (AvgIpc) is 3.66. The van der Waals surface area contributed by atoms with Crippen molar-refractivity contribution in [3.05, 3.63) is 102 Å². The van der Waals surface area contributed by atoms with Crippen LogP contribution in [-0.2, 0) is 13.5 Å². The van der Waals surface area contributed by atoms with Gasteiger partial charge in [-0.05, 0) is 24.5 Å². The van der Waals surface area contributed by atoms with Gasteiger partial charge in [0.25, 0.3) is 5.91 Å². The molecule has 0 aliphatic carbocycles. The molecule has 10 nitrogen and oxygen atoms in total. The van der Waals surface area contributed by atoms with Crippen molar-refractivity contribution in [2.45, 2.75) is 13.3 Å². The fourth-order valence-corrected chi connectivity index (χ4v) is 4.14. The first-order valence-corrected chi connectivity index (χ1v) is 11.9. The van der Waals surface area contributed by atoms with Gasteiger partial charge in [0.2, 0.25) is 0 Å². The van der Waals surface area contributed by atoms with E-state index in [1.165, 1.54) is 6.33 Å². The molecule has 10 heteroatoms. The van der Waals surface area contributed by atoms with Crippen LogP contribution in [-0.4, -0.2) is 39.4 Å². The standard InChI is InChI=1S/C21H18N4.C7H7N5O/c1-3-19-21(17-8-5-4-6-9-17)25-18(10-7-11-20(25)23-19)13-12-16-14-22-24(2)15-16;8-5-4(6(9)13)7-10-1-2-12(7)3-11-5/h4-11,14-15H,3H2,1-2H3;1-3H,8H2,(H2,9,13). The molecule has 0 fully saturated rings. The summed E-state index contributed by atoms with van der Waals surface area (Å²) in [5.41, 5.74) is 17.3. The summed E-state index contributed by atoms with van der Waals surface area (Å²) in [5.74, 6) is 5.96. The van der Waals surface area contributed by atoms with Gasteiger partial charge in [0.05, 0.1) is 28.8 Å². The number of aromatic nitrogens is 7. The number of nitrogen functional groups attached to an aromatic ring is 1. The molecule has 6 rings (SSSR count). The summed E-state index contributed by atoms with van der Waals surface area (Å²) < 4.78 is 5.49. The van der Waals surface area contributed by atoms with Crippen molar-refractivity contribution in [3.8, 4) is 23.1 Å². The second kappa shape index (κ2) is 10.3. The van der Waals surface area contributed by atoms with Gasteiger partial charge in [0.1, 0.15) is 23.4 Å². The molecule has 4 N–H and O–H groups in total. The lowest BCUT2D eigenvalue weighted by atomic mass is 10.1. The number of hydrogen-bond donors (Lipinski definition) is 2. The SMILES string of the molecule is CCc1nc2cccc(C#Cc3cnn(C)c3)n2c1-c1ccccc1.NC(=O)c1c(N)ncn2ccnc12. The Labute approximate surface area is 218 Å². The second-order valence-corrected chi connectivity index (χ2v) is 8.41. The minimum atomic E-state index is -0.623. The Morgan fingerprint density at radius 2 is 1.87 bits per heavy atom. The van der Waals surface area contributed by atoms with E-state index in [1.54, 1.807) is 27.7 Å². The summed E-state index contributed by atoms with van der Waals surface area (Å²) in [6.07, 6.45) is 9.25. The number of hydrogen-bond acceptors (Lipinski definition) is 6. The third kappa shape index (κ3) is 4.68. The molecule has 1 aromatic carbocycles. The van der Waals surface area contributed by atoms with Crippen molar-refractivity contribution in [2.75, 3.05) is 5.73 Å². The topological polar surface area (TPSA) is 134 Å². The number of primary amides is 1. The van der Waals surface area contributed by atoms with E-state index in [0.29, 0.717) is 5.65 Å². The van der Waals surface area contributed by atoms with Crippen LogP contribution in [0.5, 0.6) is 0 Å². The van der Waals surface area contributed by atoms with Gasteiger partial charge in [-0.25, -0.2) is 15.0 Å². The number of nitrogens with two attached hydrogens (primary N) is 2. The fraction of sp³-hybridized carbons (Fsp3) is 0.107. The molecule has 0 bridgehead atoms. The minimum Gasteiger partial charge on any atom is -0.383 e. The Kier molecular flexibility index (Phi) is 6.57. The highest BCUT2D eigenvalue weighted by Gasteiger charge is 2.15. The third-order valence-corrected chi connectivity index (χ3v) is 5.85. The number of amides is 1. The van der Waals surface area contributed by atoms with E-state index in [-0.39, 0.29) is 11.4 Å². The monoisotopic (exact) mass is 503 g/mol. The van der Waals surface area contributed by atoms with Crippen molar-refractivity contribution in [1.29, 1.82) is 0 Å². The van der Waals surface area contributed by atoms with Crippen LogP contribution in [0.4, 0.5) is 5.82 Å². The normalized spacial score (nSPS) is 10.6. The van der Waals surface area contributed by atoms with E-state index < -0.39 is 5.91 Å². The lowest BCUT2D eigenvalue weighted by molar-refractivity contribution is 0.100. The molecule has 0 unspecified atom stereocenters. The average molecular weight is 504 g/mol. The molecule has 6 aromatic rings. The Balaban J connectivity index is 0.000000190. The molecule has 38 heavy (non-hydrogen) atoms. The van der Waals surface area contributed by atoms with Gasteiger partial charge in [-0.15, -0.1) is 0 Å². The van der Waals surface area contributed by atoms with Crippen LogP contribution in [0.2, 0.25) is 0 Å². The number of anilines is 1. The van der Waals surface area contributed by atoms with Gasteiger partial charge in [-0.3, -0.25) is 18.3 Å². The van der Waals surface area contributed by atoms with Crippen molar-refractivity contribution < 1.29 is 4.79 Å². The van der Waals surface area contributed by atoms with Gasteiger partial charge >= 0.3 is 0 Å². The summed E-state index contributed by atoms with van der Waals surface area (Å²) in [6.45, 7) is 2.13. The zero-order valence-electron chi connectivity index (χ0n) is 20.9. The molecule has 0 spiro atoms. The Bertz CT molecular complexity index is 1820. The molecule has 5 aromatic heterocycles. The molecule has 0 atom stereocenters.